The number of benzene rings is 1. The van der Waals surface area contributed by atoms with Crippen molar-refractivity contribution in [3.63, 3.8) is 0 Å². The van der Waals surface area contributed by atoms with Crippen molar-refractivity contribution in [1.29, 1.82) is 0 Å². The zero-order valence-electron chi connectivity index (χ0n) is 13.4. The van der Waals surface area contributed by atoms with E-state index in [1.165, 1.54) is 11.3 Å². The number of hydrogen-bond donors (Lipinski definition) is 2. The number of carbonyl (C=O) groups is 1. The number of nitrogens with one attached hydrogen (secondary N) is 1. The van der Waals surface area contributed by atoms with Gasteiger partial charge in [-0.1, -0.05) is 30.3 Å². The summed E-state index contributed by atoms with van der Waals surface area (Å²) in [5.74, 6) is -0.149. The third-order valence-electron chi connectivity index (χ3n) is 4.18. The van der Waals surface area contributed by atoms with Crippen LogP contribution in [0.5, 0.6) is 0 Å². The van der Waals surface area contributed by atoms with Crippen molar-refractivity contribution in [3.8, 4) is 0 Å². The number of rotatable bonds is 3. The van der Waals surface area contributed by atoms with Crippen LogP contribution >= 0.6 is 11.3 Å². The number of nitrogens with zero attached hydrogens (tertiary/aromatic N) is 1. The molecule has 0 bridgehead atoms. The molecule has 0 aliphatic heterocycles. The summed E-state index contributed by atoms with van der Waals surface area (Å²) in [7, 11) is 0. The van der Waals surface area contributed by atoms with Crippen molar-refractivity contribution in [2.75, 3.05) is 5.73 Å². The monoisotopic (exact) mass is 325 g/mol. The highest BCUT2D eigenvalue weighted by atomic mass is 32.1. The molecular weight excluding hydrogens is 306 g/mol. The second-order valence-corrected chi connectivity index (χ2v) is 6.64. The summed E-state index contributed by atoms with van der Waals surface area (Å²) in [6, 6.07) is 9.82. The van der Waals surface area contributed by atoms with Crippen LogP contribution < -0.4 is 11.1 Å². The van der Waals surface area contributed by atoms with E-state index in [1.807, 2.05) is 51.1 Å². The summed E-state index contributed by atoms with van der Waals surface area (Å²) < 4.78 is 0. The third-order valence-corrected chi connectivity index (χ3v) is 5.28. The van der Waals surface area contributed by atoms with E-state index in [2.05, 4.69) is 10.3 Å². The van der Waals surface area contributed by atoms with Crippen molar-refractivity contribution in [2.45, 2.75) is 27.3 Å². The van der Waals surface area contributed by atoms with E-state index in [4.69, 9.17) is 5.73 Å². The van der Waals surface area contributed by atoms with Gasteiger partial charge in [0.15, 0.2) is 0 Å². The fraction of sp³-hybridized carbons (Fsp3) is 0.222. The molecule has 3 rings (SSSR count). The van der Waals surface area contributed by atoms with Gasteiger partial charge < -0.3 is 11.1 Å². The molecule has 5 heteroatoms. The molecule has 1 amide bonds. The van der Waals surface area contributed by atoms with Crippen molar-refractivity contribution < 1.29 is 4.79 Å². The van der Waals surface area contributed by atoms with Gasteiger partial charge in [0.25, 0.3) is 5.91 Å². The smallest absolute Gasteiger partial charge is 0.263 e. The number of nitrogens with two attached hydrogens (primary N) is 1. The summed E-state index contributed by atoms with van der Waals surface area (Å²) in [6.07, 6.45) is 0. The molecule has 0 unspecified atom stereocenters. The number of aryl methyl sites for hydroxylation is 2. The number of aromatic nitrogens is 1. The second-order valence-electron chi connectivity index (χ2n) is 5.64. The Balaban J connectivity index is 1.92. The average Bonchev–Trinajstić information content (AvgIpc) is 2.88. The number of amides is 1. The minimum Gasteiger partial charge on any atom is -0.397 e. The molecule has 0 spiro atoms. The number of nitrogen functional groups attached to an aromatic ring is 1. The van der Waals surface area contributed by atoms with Crippen LogP contribution in [0.3, 0.4) is 0 Å². The van der Waals surface area contributed by atoms with E-state index < -0.39 is 0 Å². The molecule has 2 heterocycles. The predicted molar refractivity (Wildman–Crippen MR) is 95.9 cm³/mol. The third kappa shape index (κ3) is 2.80. The first-order valence-corrected chi connectivity index (χ1v) is 8.28. The van der Waals surface area contributed by atoms with Crippen molar-refractivity contribution in [1.82, 2.24) is 10.3 Å². The van der Waals surface area contributed by atoms with E-state index in [9.17, 15) is 4.79 Å². The molecule has 0 aliphatic carbocycles. The Bertz CT molecular complexity index is 884. The molecule has 0 atom stereocenters. The van der Waals surface area contributed by atoms with Gasteiger partial charge in [0.05, 0.1) is 5.69 Å². The summed E-state index contributed by atoms with van der Waals surface area (Å²) in [5, 5.41) is 3.83. The Kier molecular flexibility index (Phi) is 4.05. The maximum atomic E-state index is 12.5. The molecule has 0 saturated heterocycles. The van der Waals surface area contributed by atoms with Crippen LogP contribution in [0.15, 0.2) is 30.3 Å². The molecule has 4 nitrogen and oxygen atoms in total. The summed E-state index contributed by atoms with van der Waals surface area (Å²) in [4.78, 5) is 18.4. The standard InChI is InChI=1S/C18H19N3OS/c1-10-11(2)14-15(19)16(23-18(14)21-12(10)3)17(22)20-9-13-7-5-4-6-8-13/h4-8H,9,19H2,1-3H3,(H,20,22). The highest BCUT2D eigenvalue weighted by molar-refractivity contribution is 7.21. The van der Waals surface area contributed by atoms with Gasteiger partial charge in [-0.2, -0.15) is 0 Å². The van der Waals surface area contributed by atoms with E-state index >= 15 is 0 Å². The topological polar surface area (TPSA) is 68.0 Å². The number of thiophene rings is 1. The highest BCUT2D eigenvalue weighted by Crippen LogP contribution is 2.36. The van der Waals surface area contributed by atoms with Crippen LogP contribution in [0.2, 0.25) is 0 Å². The lowest BCUT2D eigenvalue weighted by atomic mass is 10.1. The van der Waals surface area contributed by atoms with Crippen LogP contribution in [-0.2, 0) is 6.54 Å². The van der Waals surface area contributed by atoms with Gasteiger partial charge in [-0.15, -0.1) is 11.3 Å². The number of fused-ring (bicyclic) bond motifs is 1. The molecule has 0 fully saturated rings. The van der Waals surface area contributed by atoms with Crippen LogP contribution in [0.1, 0.15) is 32.1 Å². The Morgan fingerprint density at radius 1 is 1.17 bits per heavy atom. The molecule has 1 aromatic carbocycles. The number of carbonyl (C=O) groups excluding carboxylic acids is 1. The first-order chi connectivity index (χ1) is 11.0. The van der Waals surface area contributed by atoms with Gasteiger partial charge in [-0.25, -0.2) is 4.98 Å². The van der Waals surface area contributed by atoms with Crippen LogP contribution in [0.25, 0.3) is 10.2 Å². The normalized spacial score (nSPS) is 10.9. The average molecular weight is 325 g/mol. The maximum absolute atomic E-state index is 12.5. The predicted octanol–water partition coefficient (Wildman–Crippen LogP) is 3.73. The molecule has 0 aliphatic rings. The van der Waals surface area contributed by atoms with E-state index in [0.29, 0.717) is 17.1 Å². The lowest BCUT2D eigenvalue weighted by Gasteiger charge is -2.06. The van der Waals surface area contributed by atoms with Crippen molar-refractivity contribution in [3.05, 3.63) is 57.6 Å². The minimum absolute atomic E-state index is 0.149. The van der Waals surface area contributed by atoms with Gasteiger partial charge >= 0.3 is 0 Å². The van der Waals surface area contributed by atoms with Crippen LogP contribution in [-0.4, -0.2) is 10.9 Å². The summed E-state index contributed by atoms with van der Waals surface area (Å²) in [5.41, 5.74) is 11.0. The summed E-state index contributed by atoms with van der Waals surface area (Å²) >= 11 is 1.36. The SMILES string of the molecule is Cc1nc2sc(C(=O)NCc3ccccc3)c(N)c2c(C)c1C. The van der Waals surface area contributed by atoms with Gasteiger partial charge in [0.1, 0.15) is 9.71 Å². The highest BCUT2D eigenvalue weighted by Gasteiger charge is 2.20. The maximum Gasteiger partial charge on any atom is 0.263 e. The first kappa shape index (κ1) is 15.5. The minimum atomic E-state index is -0.149. The molecular formula is C18H19N3OS. The Labute approximate surface area is 139 Å². The van der Waals surface area contributed by atoms with Gasteiger partial charge in [0, 0.05) is 17.6 Å². The quantitative estimate of drug-likeness (QED) is 0.771. The Hall–Kier alpha value is -2.40. The van der Waals surface area contributed by atoms with Crippen LogP contribution in [0.4, 0.5) is 5.69 Å². The fourth-order valence-electron chi connectivity index (χ4n) is 2.59. The Morgan fingerprint density at radius 2 is 1.87 bits per heavy atom. The molecule has 0 radical (unpaired) electrons. The molecule has 2 aromatic heterocycles. The Morgan fingerprint density at radius 3 is 2.57 bits per heavy atom. The molecule has 0 saturated carbocycles. The molecule has 118 valence electrons. The van der Waals surface area contributed by atoms with Gasteiger partial charge in [-0.3, -0.25) is 4.79 Å². The number of anilines is 1. The lowest BCUT2D eigenvalue weighted by molar-refractivity contribution is 0.0956. The number of hydrogen-bond acceptors (Lipinski definition) is 4. The zero-order chi connectivity index (χ0) is 16.6. The van der Waals surface area contributed by atoms with E-state index in [0.717, 1.165) is 32.6 Å². The zero-order valence-corrected chi connectivity index (χ0v) is 14.3. The van der Waals surface area contributed by atoms with E-state index in [-0.39, 0.29) is 5.91 Å². The molecule has 3 aromatic rings. The van der Waals surface area contributed by atoms with E-state index in [1.54, 1.807) is 0 Å². The van der Waals surface area contributed by atoms with Gasteiger partial charge in [-0.05, 0) is 37.5 Å². The van der Waals surface area contributed by atoms with Crippen molar-refractivity contribution >= 4 is 33.1 Å². The molecule has 23 heavy (non-hydrogen) atoms. The first-order valence-electron chi connectivity index (χ1n) is 7.47. The van der Waals surface area contributed by atoms with Crippen LogP contribution in [0, 0.1) is 20.8 Å². The van der Waals surface area contributed by atoms with Gasteiger partial charge in [0.2, 0.25) is 0 Å². The second kappa shape index (κ2) is 6.01. The molecule has 3 N–H and O–H groups in total. The largest absolute Gasteiger partial charge is 0.397 e. The lowest BCUT2D eigenvalue weighted by Crippen LogP contribution is -2.22. The fourth-order valence-corrected chi connectivity index (χ4v) is 3.71. The summed E-state index contributed by atoms with van der Waals surface area (Å²) in [6.45, 7) is 6.52. The van der Waals surface area contributed by atoms with Crippen molar-refractivity contribution in [2.24, 2.45) is 0 Å². The number of pyridine rings is 1.